The lowest BCUT2D eigenvalue weighted by Crippen LogP contribution is -2.35. The molecule has 0 saturated heterocycles. The number of benzene rings is 2. The van der Waals surface area contributed by atoms with Gasteiger partial charge in [-0.3, -0.25) is 0 Å². The minimum absolute atomic E-state index is 0.0391. The molecule has 1 aromatic heterocycles. The average molecular weight is 545 g/mol. The van der Waals surface area contributed by atoms with E-state index in [0.29, 0.717) is 37.0 Å². The van der Waals surface area contributed by atoms with Gasteiger partial charge < -0.3 is 18.9 Å². The Hall–Kier alpha value is -4.27. The van der Waals surface area contributed by atoms with Gasteiger partial charge in [-0.25, -0.2) is 9.48 Å². The van der Waals surface area contributed by atoms with Crippen LogP contribution < -0.4 is 14.2 Å². The van der Waals surface area contributed by atoms with Crippen LogP contribution in [-0.4, -0.2) is 47.1 Å². The van der Waals surface area contributed by atoms with Crippen molar-refractivity contribution >= 4 is 5.97 Å². The van der Waals surface area contributed by atoms with Gasteiger partial charge in [-0.05, 0) is 68.0 Å². The van der Waals surface area contributed by atoms with E-state index in [1.807, 2.05) is 24.3 Å². The second-order valence-corrected chi connectivity index (χ2v) is 9.05. The molecule has 0 bridgehead atoms. The van der Waals surface area contributed by atoms with Gasteiger partial charge in [-0.15, -0.1) is 18.3 Å². The van der Waals surface area contributed by atoms with E-state index in [2.05, 4.69) is 21.1 Å². The SMILES string of the molecule is CCOC(=O)c1nnn(Cc2ccc(OC)cc2)c1OC1CCC(C#N)(c2ccc(OC(F)(F)F)cc2)CC1. The lowest BCUT2D eigenvalue weighted by atomic mass is 9.70. The van der Waals surface area contributed by atoms with Crippen LogP contribution in [0.3, 0.4) is 0 Å². The van der Waals surface area contributed by atoms with Crippen LogP contribution in [0.25, 0.3) is 0 Å². The van der Waals surface area contributed by atoms with Crippen molar-refractivity contribution in [2.45, 2.75) is 57.0 Å². The van der Waals surface area contributed by atoms with Crippen LogP contribution >= 0.6 is 0 Å². The predicted molar refractivity (Wildman–Crippen MR) is 131 cm³/mol. The second-order valence-electron chi connectivity index (χ2n) is 9.05. The summed E-state index contributed by atoms with van der Waals surface area (Å²) >= 11 is 0. The van der Waals surface area contributed by atoms with Gasteiger partial charge in [0.05, 0.1) is 31.7 Å². The largest absolute Gasteiger partial charge is 0.573 e. The van der Waals surface area contributed by atoms with Crippen molar-refractivity contribution in [2.75, 3.05) is 13.7 Å². The maximum atomic E-state index is 12.5. The monoisotopic (exact) mass is 544 g/mol. The topological polar surface area (TPSA) is 108 Å². The van der Waals surface area contributed by atoms with Gasteiger partial charge >= 0.3 is 12.3 Å². The summed E-state index contributed by atoms with van der Waals surface area (Å²) in [5.74, 6) is -0.128. The van der Waals surface area contributed by atoms with Gasteiger partial charge in [-0.1, -0.05) is 29.5 Å². The summed E-state index contributed by atoms with van der Waals surface area (Å²) in [5.41, 5.74) is 0.563. The summed E-state index contributed by atoms with van der Waals surface area (Å²) in [7, 11) is 1.58. The Bertz CT molecular complexity index is 1310. The molecule has 0 radical (unpaired) electrons. The average Bonchev–Trinajstić information content (AvgIpc) is 3.31. The maximum Gasteiger partial charge on any atom is 0.573 e. The number of esters is 1. The maximum absolute atomic E-state index is 12.5. The number of alkyl halides is 3. The molecule has 12 heteroatoms. The molecule has 0 aliphatic heterocycles. The highest BCUT2D eigenvalue weighted by atomic mass is 19.4. The fourth-order valence-corrected chi connectivity index (χ4v) is 4.56. The Labute approximate surface area is 223 Å². The Balaban J connectivity index is 1.50. The Morgan fingerprint density at radius 3 is 2.31 bits per heavy atom. The molecule has 3 aromatic rings. The molecule has 0 unspecified atom stereocenters. The fraction of sp³-hybridized carbons (Fsp3) is 0.407. The number of hydrogen-bond acceptors (Lipinski definition) is 8. The highest BCUT2D eigenvalue weighted by molar-refractivity contribution is 5.89. The summed E-state index contributed by atoms with van der Waals surface area (Å²) < 4.78 is 59.5. The molecule has 9 nitrogen and oxygen atoms in total. The molecule has 0 spiro atoms. The summed E-state index contributed by atoms with van der Waals surface area (Å²) in [5, 5.41) is 18.1. The highest BCUT2D eigenvalue weighted by Gasteiger charge is 2.39. The van der Waals surface area contributed by atoms with E-state index >= 15 is 0 Å². The normalized spacial score (nSPS) is 19.1. The number of methoxy groups -OCH3 is 1. The smallest absolute Gasteiger partial charge is 0.497 e. The third-order valence-corrected chi connectivity index (χ3v) is 6.57. The van der Waals surface area contributed by atoms with E-state index in [-0.39, 0.29) is 36.6 Å². The van der Waals surface area contributed by atoms with E-state index in [1.54, 1.807) is 14.0 Å². The first-order valence-corrected chi connectivity index (χ1v) is 12.3. The summed E-state index contributed by atoms with van der Waals surface area (Å²) in [6.45, 7) is 2.13. The van der Waals surface area contributed by atoms with Crippen molar-refractivity contribution in [3.63, 3.8) is 0 Å². The van der Waals surface area contributed by atoms with Crippen LogP contribution in [0.5, 0.6) is 17.4 Å². The standard InChI is InChI=1S/C27H27F3N4O5/c1-3-37-25(35)23-24(34(33-32-23)16-18-4-8-20(36-2)9-5-18)38-21-12-14-26(17-31,15-13-21)19-6-10-22(11-7-19)39-27(28,29)30/h4-11,21H,3,12-16H2,1-2H3. The van der Waals surface area contributed by atoms with Crippen LogP contribution in [0.2, 0.25) is 0 Å². The van der Waals surface area contributed by atoms with Crippen molar-refractivity contribution in [2.24, 2.45) is 0 Å². The minimum Gasteiger partial charge on any atom is -0.497 e. The number of nitriles is 1. The number of ether oxygens (including phenoxy) is 4. The third-order valence-electron chi connectivity index (χ3n) is 6.57. The van der Waals surface area contributed by atoms with Gasteiger partial charge in [0, 0.05) is 0 Å². The number of nitrogens with zero attached hydrogens (tertiary/aromatic N) is 4. The van der Waals surface area contributed by atoms with E-state index in [0.717, 1.165) is 5.56 Å². The van der Waals surface area contributed by atoms with Gasteiger partial charge in [-0.2, -0.15) is 5.26 Å². The van der Waals surface area contributed by atoms with E-state index in [1.165, 1.54) is 28.9 Å². The molecule has 0 N–H and O–H groups in total. The first-order chi connectivity index (χ1) is 18.7. The predicted octanol–water partition coefficient (Wildman–Crippen LogP) is 5.19. The first kappa shape index (κ1) is 27.8. The van der Waals surface area contributed by atoms with Crippen molar-refractivity contribution in [1.82, 2.24) is 15.0 Å². The third kappa shape index (κ3) is 6.60. The van der Waals surface area contributed by atoms with Crippen LogP contribution in [0.1, 0.15) is 54.2 Å². The number of carbonyl (C=O) groups is 1. The van der Waals surface area contributed by atoms with Crippen molar-refractivity contribution in [3.05, 3.63) is 65.4 Å². The zero-order valence-corrected chi connectivity index (χ0v) is 21.4. The van der Waals surface area contributed by atoms with Gasteiger partial charge in [0.1, 0.15) is 17.6 Å². The zero-order valence-electron chi connectivity index (χ0n) is 21.4. The molecule has 4 rings (SSSR count). The molecule has 2 aromatic carbocycles. The molecule has 39 heavy (non-hydrogen) atoms. The van der Waals surface area contributed by atoms with Crippen LogP contribution in [0, 0.1) is 11.3 Å². The Kier molecular flexibility index (Phi) is 8.28. The molecule has 0 atom stereocenters. The summed E-state index contributed by atoms with van der Waals surface area (Å²) in [6.07, 6.45) is -3.40. The zero-order chi connectivity index (χ0) is 28.0. The fourth-order valence-electron chi connectivity index (χ4n) is 4.56. The van der Waals surface area contributed by atoms with Crippen LogP contribution in [0.15, 0.2) is 48.5 Å². The van der Waals surface area contributed by atoms with Gasteiger partial charge in [0.15, 0.2) is 0 Å². The molecule has 1 fully saturated rings. The van der Waals surface area contributed by atoms with Gasteiger partial charge in [0.25, 0.3) is 0 Å². The van der Waals surface area contributed by atoms with Crippen molar-refractivity contribution < 1.29 is 36.9 Å². The van der Waals surface area contributed by atoms with E-state index in [4.69, 9.17) is 14.2 Å². The first-order valence-electron chi connectivity index (χ1n) is 12.3. The number of aromatic nitrogens is 3. The van der Waals surface area contributed by atoms with Crippen LogP contribution in [-0.2, 0) is 16.7 Å². The summed E-state index contributed by atoms with van der Waals surface area (Å²) in [6, 6.07) is 15.1. The van der Waals surface area contributed by atoms with Gasteiger partial charge in [0.2, 0.25) is 11.6 Å². The molecule has 1 saturated carbocycles. The molecule has 1 aliphatic carbocycles. The molecular weight excluding hydrogens is 517 g/mol. The lowest BCUT2D eigenvalue weighted by Gasteiger charge is -2.35. The van der Waals surface area contributed by atoms with Crippen LogP contribution in [0.4, 0.5) is 13.2 Å². The number of rotatable bonds is 9. The molecule has 0 amide bonds. The van der Waals surface area contributed by atoms with Crippen molar-refractivity contribution in [3.8, 4) is 23.4 Å². The molecule has 1 aliphatic rings. The number of halogens is 3. The molecule has 1 heterocycles. The quantitative estimate of drug-likeness (QED) is 0.339. The van der Waals surface area contributed by atoms with Crippen molar-refractivity contribution in [1.29, 1.82) is 5.26 Å². The molecule has 206 valence electrons. The Morgan fingerprint density at radius 1 is 1.10 bits per heavy atom. The molecular formula is C27H27F3N4O5. The van der Waals surface area contributed by atoms with E-state index in [9.17, 15) is 23.2 Å². The number of hydrogen-bond donors (Lipinski definition) is 0. The second kappa shape index (κ2) is 11.6. The summed E-state index contributed by atoms with van der Waals surface area (Å²) in [4.78, 5) is 12.5. The highest BCUT2D eigenvalue weighted by Crippen LogP contribution is 2.41. The number of carbonyl (C=O) groups excluding carboxylic acids is 1. The minimum atomic E-state index is -4.79. The lowest BCUT2D eigenvalue weighted by molar-refractivity contribution is -0.274. The van der Waals surface area contributed by atoms with E-state index < -0.39 is 17.7 Å². The Morgan fingerprint density at radius 2 is 1.74 bits per heavy atom.